The summed E-state index contributed by atoms with van der Waals surface area (Å²) in [6.45, 7) is 0.839. The van der Waals surface area contributed by atoms with E-state index in [2.05, 4.69) is 0 Å². The van der Waals surface area contributed by atoms with Gasteiger partial charge in [-0.2, -0.15) is 0 Å². The molecule has 0 saturated heterocycles. The van der Waals surface area contributed by atoms with E-state index in [0.29, 0.717) is 18.8 Å². The van der Waals surface area contributed by atoms with Crippen molar-refractivity contribution in [2.24, 2.45) is 5.92 Å². The van der Waals surface area contributed by atoms with Gasteiger partial charge in [0.25, 0.3) is 0 Å². The van der Waals surface area contributed by atoms with Crippen LogP contribution in [-0.2, 0) is 9.59 Å². The molecule has 1 aliphatic rings. The lowest BCUT2D eigenvalue weighted by molar-refractivity contribution is -0.137. The number of nitrogens with zero attached hydrogens (tertiary/aromatic N) is 1. The van der Waals surface area contributed by atoms with Crippen LogP contribution in [0.4, 0.5) is 0 Å². The maximum absolute atomic E-state index is 11.4. The molecule has 0 spiro atoms. The quantitative estimate of drug-likeness (QED) is 0.697. The van der Waals surface area contributed by atoms with Crippen molar-refractivity contribution in [3.05, 3.63) is 0 Å². The summed E-state index contributed by atoms with van der Waals surface area (Å²) in [6.07, 6.45) is 3.35. The van der Waals surface area contributed by atoms with Gasteiger partial charge in [-0.15, -0.1) is 0 Å². The number of hydrogen-bond donors (Lipinski definition) is 1. The second-order valence-electron chi connectivity index (χ2n) is 3.96. The number of carboxylic acids is 1. The predicted octanol–water partition coefficient (Wildman–Crippen LogP) is 1.11. The van der Waals surface area contributed by atoms with E-state index in [1.54, 1.807) is 11.9 Å². The zero-order valence-electron chi connectivity index (χ0n) is 8.53. The number of amides is 1. The van der Waals surface area contributed by atoms with Crippen molar-refractivity contribution in [3.8, 4) is 0 Å². The highest BCUT2D eigenvalue weighted by Crippen LogP contribution is 2.29. The number of carbonyl (C=O) groups excluding carboxylic acids is 1. The summed E-state index contributed by atoms with van der Waals surface area (Å²) in [5.74, 6) is -0.0655. The molecule has 0 aliphatic heterocycles. The third kappa shape index (κ3) is 4.25. The monoisotopic (exact) mass is 199 g/mol. The fourth-order valence-corrected chi connectivity index (χ4v) is 1.37. The van der Waals surface area contributed by atoms with E-state index < -0.39 is 5.97 Å². The Hall–Kier alpha value is -1.06. The lowest BCUT2D eigenvalue weighted by Crippen LogP contribution is -2.28. The van der Waals surface area contributed by atoms with Gasteiger partial charge in [-0.05, 0) is 25.2 Å². The van der Waals surface area contributed by atoms with Gasteiger partial charge in [0.2, 0.25) is 5.91 Å². The number of aliphatic carboxylic acids is 1. The summed E-state index contributed by atoms with van der Waals surface area (Å²) in [5.41, 5.74) is 0. The molecule has 1 rings (SSSR count). The highest BCUT2D eigenvalue weighted by atomic mass is 16.4. The molecule has 1 saturated carbocycles. The van der Waals surface area contributed by atoms with E-state index in [9.17, 15) is 9.59 Å². The molecule has 0 heterocycles. The summed E-state index contributed by atoms with van der Waals surface area (Å²) in [5, 5.41) is 8.40. The fourth-order valence-electron chi connectivity index (χ4n) is 1.37. The SMILES string of the molecule is CN(CC1CC1)C(=O)CCCC(=O)O. The first-order valence-corrected chi connectivity index (χ1v) is 5.05. The molecule has 4 heteroatoms. The molecule has 4 nitrogen and oxygen atoms in total. The van der Waals surface area contributed by atoms with E-state index in [4.69, 9.17) is 5.11 Å². The number of carbonyl (C=O) groups is 2. The topological polar surface area (TPSA) is 57.6 Å². The van der Waals surface area contributed by atoms with Gasteiger partial charge >= 0.3 is 5.97 Å². The van der Waals surface area contributed by atoms with Crippen molar-refractivity contribution in [1.29, 1.82) is 0 Å². The van der Waals surface area contributed by atoms with Gasteiger partial charge in [0, 0.05) is 26.4 Å². The molecule has 14 heavy (non-hydrogen) atoms. The minimum atomic E-state index is -0.831. The molecule has 80 valence electrons. The van der Waals surface area contributed by atoms with Crippen molar-refractivity contribution < 1.29 is 14.7 Å². The van der Waals surface area contributed by atoms with Crippen molar-refractivity contribution in [3.63, 3.8) is 0 Å². The average Bonchev–Trinajstić information content (AvgIpc) is 2.87. The number of hydrogen-bond acceptors (Lipinski definition) is 2. The lowest BCUT2D eigenvalue weighted by Gasteiger charge is -2.16. The first kappa shape index (κ1) is 11.0. The van der Waals surface area contributed by atoms with Crippen LogP contribution in [0.5, 0.6) is 0 Å². The standard InChI is InChI=1S/C10H17NO3/c1-11(7-8-5-6-8)9(12)3-2-4-10(13)14/h8H,2-7H2,1H3,(H,13,14). The Labute approximate surface area is 83.9 Å². The molecular weight excluding hydrogens is 182 g/mol. The van der Waals surface area contributed by atoms with E-state index in [0.717, 1.165) is 6.54 Å². The van der Waals surface area contributed by atoms with E-state index in [1.807, 2.05) is 0 Å². The van der Waals surface area contributed by atoms with E-state index in [-0.39, 0.29) is 12.3 Å². The van der Waals surface area contributed by atoms with Gasteiger partial charge in [-0.1, -0.05) is 0 Å². The maximum atomic E-state index is 11.4. The summed E-state index contributed by atoms with van der Waals surface area (Å²) in [4.78, 5) is 23.4. The Balaban J connectivity index is 2.09. The fraction of sp³-hybridized carbons (Fsp3) is 0.800. The Morgan fingerprint density at radius 2 is 2.00 bits per heavy atom. The normalized spacial score (nSPS) is 15.2. The molecule has 0 radical (unpaired) electrons. The van der Waals surface area contributed by atoms with Crippen LogP contribution in [-0.4, -0.2) is 35.5 Å². The summed E-state index contributed by atoms with van der Waals surface area (Å²) >= 11 is 0. The van der Waals surface area contributed by atoms with Gasteiger partial charge in [0.15, 0.2) is 0 Å². The largest absolute Gasteiger partial charge is 0.481 e. The van der Waals surface area contributed by atoms with E-state index >= 15 is 0 Å². The van der Waals surface area contributed by atoms with Gasteiger partial charge in [-0.25, -0.2) is 0 Å². The van der Waals surface area contributed by atoms with Crippen molar-refractivity contribution in [1.82, 2.24) is 4.90 Å². The molecule has 0 atom stereocenters. The molecule has 1 amide bonds. The molecule has 1 aliphatic carbocycles. The minimum absolute atomic E-state index is 0.0677. The van der Waals surface area contributed by atoms with Crippen LogP contribution < -0.4 is 0 Å². The lowest BCUT2D eigenvalue weighted by atomic mass is 10.2. The highest BCUT2D eigenvalue weighted by Gasteiger charge is 2.24. The van der Waals surface area contributed by atoms with Crippen molar-refractivity contribution >= 4 is 11.9 Å². The average molecular weight is 199 g/mol. The third-order valence-corrected chi connectivity index (χ3v) is 2.44. The third-order valence-electron chi connectivity index (χ3n) is 2.44. The molecule has 0 aromatic rings. The van der Waals surface area contributed by atoms with Crippen LogP contribution in [0.3, 0.4) is 0 Å². The maximum Gasteiger partial charge on any atom is 0.303 e. The van der Waals surface area contributed by atoms with Crippen LogP contribution in [0, 0.1) is 5.92 Å². The second kappa shape index (κ2) is 4.98. The smallest absolute Gasteiger partial charge is 0.303 e. The Kier molecular flexibility index (Phi) is 3.92. The Morgan fingerprint density at radius 1 is 1.36 bits per heavy atom. The number of carboxylic acid groups (broad SMARTS) is 1. The van der Waals surface area contributed by atoms with Gasteiger partial charge in [-0.3, -0.25) is 9.59 Å². The van der Waals surface area contributed by atoms with Gasteiger partial charge in [0.1, 0.15) is 0 Å². The molecule has 0 unspecified atom stereocenters. The zero-order chi connectivity index (χ0) is 10.6. The first-order valence-electron chi connectivity index (χ1n) is 5.05. The van der Waals surface area contributed by atoms with Crippen molar-refractivity contribution in [2.45, 2.75) is 32.1 Å². The minimum Gasteiger partial charge on any atom is -0.481 e. The molecule has 0 aromatic heterocycles. The van der Waals surface area contributed by atoms with Crippen LogP contribution in [0.25, 0.3) is 0 Å². The summed E-state index contributed by atoms with van der Waals surface area (Å²) < 4.78 is 0. The highest BCUT2D eigenvalue weighted by molar-refractivity contribution is 5.76. The Bertz CT molecular complexity index is 223. The van der Waals surface area contributed by atoms with Crippen LogP contribution in [0.1, 0.15) is 32.1 Å². The van der Waals surface area contributed by atoms with Crippen LogP contribution in [0.15, 0.2) is 0 Å². The first-order chi connectivity index (χ1) is 6.59. The molecule has 1 fully saturated rings. The zero-order valence-corrected chi connectivity index (χ0v) is 8.53. The number of rotatable bonds is 6. The van der Waals surface area contributed by atoms with E-state index in [1.165, 1.54) is 12.8 Å². The van der Waals surface area contributed by atoms with Crippen LogP contribution in [0.2, 0.25) is 0 Å². The second-order valence-corrected chi connectivity index (χ2v) is 3.96. The molecule has 0 aromatic carbocycles. The van der Waals surface area contributed by atoms with Crippen molar-refractivity contribution in [2.75, 3.05) is 13.6 Å². The van der Waals surface area contributed by atoms with Crippen LogP contribution >= 0.6 is 0 Å². The summed E-state index contributed by atoms with van der Waals surface area (Å²) in [7, 11) is 1.79. The molecule has 0 bridgehead atoms. The molecule has 1 N–H and O–H groups in total. The molecular formula is C10H17NO3. The Morgan fingerprint density at radius 3 is 2.50 bits per heavy atom. The summed E-state index contributed by atoms with van der Waals surface area (Å²) in [6, 6.07) is 0. The van der Waals surface area contributed by atoms with Gasteiger partial charge in [0.05, 0.1) is 0 Å². The van der Waals surface area contributed by atoms with Gasteiger partial charge < -0.3 is 10.0 Å². The predicted molar refractivity (Wildman–Crippen MR) is 51.8 cm³/mol.